The van der Waals surface area contributed by atoms with Crippen molar-refractivity contribution in [2.75, 3.05) is 13.2 Å². The van der Waals surface area contributed by atoms with Crippen molar-refractivity contribution >= 4 is 11.9 Å². The van der Waals surface area contributed by atoms with Crippen LogP contribution in [0, 0.1) is 0 Å². The molecule has 0 bridgehead atoms. The minimum atomic E-state index is -1.12. The molecular formula is C6H12N2O4. The number of rotatable bonds is 5. The molecule has 1 unspecified atom stereocenters. The van der Waals surface area contributed by atoms with E-state index in [1.165, 1.54) is 0 Å². The number of hydrogen-bond acceptors (Lipinski definition) is 4. The maximum atomic E-state index is 10.8. The molecular weight excluding hydrogens is 164 g/mol. The Balaban J connectivity index is 3.69. The van der Waals surface area contributed by atoms with E-state index in [2.05, 4.69) is 5.32 Å². The zero-order chi connectivity index (χ0) is 9.56. The number of amides is 1. The van der Waals surface area contributed by atoms with Gasteiger partial charge >= 0.3 is 5.97 Å². The van der Waals surface area contributed by atoms with Crippen molar-refractivity contribution in [1.82, 2.24) is 5.32 Å². The summed E-state index contributed by atoms with van der Waals surface area (Å²) in [4.78, 5) is 20.9. The van der Waals surface area contributed by atoms with Crippen LogP contribution in [0.5, 0.6) is 0 Å². The largest absolute Gasteiger partial charge is 0.481 e. The second-order valence-electron chi connectivity index (χ2n) is 2.22. The van der Waals surface area contributed by atoms with Crippen molar-refractivity contribution in [3.63, 3.8) is 0 Å². The fourth-order valence-electron chi connectivity index (χ4n) is 0.591. The highest BCUT2D eigenvalue weighted by atomic mass is 16.4. The first-order valence-corrected chi connectivity index (χ1v) is 3.44. The molecule has 1 amide bonds. The molecule has 0 saturated heterocycles. The average Bonchev–Trinajstić information content (AvgIpc) is 1.98. The highest BCUT2D eigenvalue weighted by Gasteiger charge is 2.15. The summed E-state index contributed by atoms with van der Waals surface area (Å²) in [5.41, 5.74) is 5.18. The number of carbonyl (C=O) groups excluding carboxylic acids is 1. The van der Waals surface area contributed by atoms with Crippen molar-refractivity contribution in [1.29, 1.82) is 0 Å². The third-order valence-electron chi connectivity index (χ3n) is 1.14. The molecule has 0 aromatic carbocycles. The smallest absolute Gasteiger partial charge is 0.305 e. The maximum Gasteiger partial charge on any atom is 0.305 e. The molecule has 0 rings (SSSR count). The molecule has 1 atom stereocenters. The molecule has 12 heavy (non-hydrogen) atoms. The summed E-state index contributed by atoms with van der Waals surface area (Å²) in [6.07, 6.45) is -0.405. The van der Waals surface area contributed by atoms with Crippen molar-refractivity contribution in [3.05, 3.63) is 0 Å². The van der Waals surface area contributed by atoms with E-state index in [9.17, 15) is 9.59 Å². The molecule has 0 aromatic heterocycles. The van der Waals surface area contributed by atoms with Crippen LogP contribution in [0.3, 0.4) is 0 Å². The molecule has 0 radical (unpaired) electrons. The normalized spacial score (nSPS) is 12.2. The van der Waals surface area contributed by atoms with Crippen molar-refractivity contribution in [2.45, 2.75) is 12.5 Å². The van der Waals surface area contributed by atoms with Crippen LogP contribution in [0.4, 0.5) is 0 Å². The number of aliphatic hydroxyl groups is 1. The lowest BCUT2D eigenvalue weighted by atomic mass is 10.2. The topological polar surface area (TPSA) is 113 Å². The Hall–Kier alpha value is -1.14. The highest BCUT2D eigenvalue weighted by molar-refractivity contribution is 5.85. The number of nitrogens with two attached hydrogens (primary N) is 1. The molecule has 6 heteroatoms. The number of carbonyl (C=O) groups is 2. The maximum absolute atomic E-state index is 10.8. The first kappa shape index (κ1) is 10.9. The number of carboxylic acid groups (broad SMARTS) is 1. The molecule has 0 aliphatic heterocycles. The van der Waals surface area contributed by atoms with Gasteiger partial charge in [-0.1, -0.05) is 0 Å². The van der Waals surface area contributed by atoms with Gasteiger partial charge < -0.3 is 21.3 Å². The van der Waals surface area contributed by atoms with E-state index in [1.807, 2.05) is 0 Å². The molecule has 70 valence electrons. The predicted molar refractivity (Wildman–Crippen MR) is 40.3 cm³/mol. The van der Waals surface area contributed by atoms with Gasteiger partial charge in [0.1, 0.15) is 0 Å². The van der Waals surface area contributed by atoms with Gasteiger partial charge in [-0.05, 0) is 0 Å². The van der Waals surface area contributed by atoms with Gasteiger partial charge in [-0.2, -0.15) is 0 Å². The van der Waals surface area contributed by atoms with Crippen LogP contribution >= 0.6 is 0 Å². The van der Waals surface area contributed by atoms with Gasteiger partial charge in [-0.25, -0.2) is 0 Å². The van der Waals surface area contributed by atoms with Crippen LogP contribution in [0.2, 0.25) is 0 Å². The van der Waals surface area contributed by atoms with Crippen LogP contribution in [0.15, 0.2) is 0 Å². The minimum absolute atomic E-state index is 0.0894. The molecule has 0 aliphatic rings. The zero-order valence-electron chi connectivity index (χ0n) is 6.49. The molecule has 0 fully saturated rings. The monoisotopic (exact) mass is 176 g/mol. The summed E-state index contributed by atoms with van der Waals surface area (Å²) < 4.78 is 0. The summed E-state index contributed by atoms with van der Waals surface area (Å²) in [7, 11) is 0. The van der Waals surface area contributed by atoms with E-state index in [-0.39, 0.29) is 13.2 Å². The minimum Gasteiger partial charge on any atom is -0.481 e. The SMILES string of the molecule is NC(CC(=O)O)C(=O)NCCO. The Morgan fingerprint density at radius 1 is 1.50 bits per heavy atom. The second kappa shape index (κ2) is 5.50. The molecule has 0 heterocycles. The van der Waals surface area contributed by atoms with Gasteiger partial charge in [0.25, 0.3) is 0 Å². The lowest BCUT2D eigenvalue weighted by Crippen LogP contribution is -2.42. The summed E-state index contributed by atoms with van der Waals surface area (Å²) in [5.74, 6) is -1.69. The number of hydrogen-bond donors (Lipinski definition) is 4. The van der Waals surface area contributed by atoms with Crippen molar-refractivity contribution in [2.24, 2.45) is 5.73 Å². The second-order valence-corrected chi connectivity index (χ2v) is 2.22. The zero-order valence-corrected chi connectivity index (χ0v) is 6.49. The summed E-state index contributed by atoms with van der Waals surface area (Å²) in [6, 6.07) is -1.05. The molecule has 0 aliphatic carbocycles. The van der Waals surface area contributed by atoms with Gasteiger partial charge in [-0.15, -0.1) is 0 Å². The molecule has 0 saturated carbocycles. The van der Waals surface area contributed by atoms with Gasteiger partial charge in [0.2, 0.25) is 5.91 Å². The third-order valence-corrected chi connectivity index (χ3v) is 1.14. The van der Waals surface area contributed by atoms with E-state index >= 15 is 0 Å². The standard InChI is InChI=1S/C6H12N2O4/c7-4(3-5(10)11)6(12)8-1-2-9/h4,9H,1-3,7H2,(H,8,12)(H,10,11). The van der Waals surface area contributed by atoms with Crippen LogP contribution in [0.1, 0.15) is 6.42 Å². The molecule has 6 nitrogen and oxygen atoms in total. The highest BCUT2D eigenvalue weighted by Crippen LogP contribution is 1.87. The molecule has 0 spiro atoms. The lowest BCUT2D eigenvalue weighted by Gasteiger charge is -2.08. The van der Waals surface area contributed by atoms with Gasteiger partial charge in [0.15, 0.2) is 0 Å². The van der Waals surface area contributed by atoms with E-state index in [0.717, 1.165) is 0 Å². The summed E-state index contributed by atoms with van der Waals surface area (Å²) >= 11 is 0. The Morgan fingerprint density at radius 3 is 2.50 bits per heavy atom. The van der Waals surface area contributed by atoms with Crippen LogP contribution in [0.25, 0.3) is 0 Å². The first-order chi connectivity index (χ1) is 5.57. The number of aliphatic hydroxyl groups excluding tert-OH is 1. The third kappa shape index (κ3) is 4.64. The quantitative estimate of drug-likeness (QED) is 0.383. The fourth-order valence-corrected chi connectivity index (χ4v) is 0.591. The van der Waals surface area contributed by atoms with E-state index in [1.54, 1.807) is 0 Å². The lowest BCUT2D eigenvalue weighted by molar-refractivity contribution is -0.139. The Kier molecular flexibility index (Phi) is 4.98. The Bertz CT molecular complexity index is 171. The molecule has 0 aromatic rings. The van der Waals surface area contributed by atoms with E-state index < -0.39 is 24.3 Å². The first-order valence-electron chi connectivity index (χ1n) is 3.44. The predicted octanol–water partition coefficient (Wildman–Crippen LogP) is -2.10. The Labute approximate surface area is 69.4 Å². The van der Waals surface area contributed by atoms with E-state index in [0.29, 0.717) is 0 Å². The molecule has 5 N–H and O–H groups in total. The van der Waals surface area contributed by atoms with Crippen molar-refractivity contribution < 1.29 is 19.8 Å². The average molecular weight is 176 g/mol. The van der Waals surface area contributed by atoms with Crippen LogP contribution in [-0.2, 0) is 9.59 Å². The van der Waals surface area contributed by atoms with Gasteiger partial charge in [0.05, 0.1) is 19.1 Å². The number of aliphatic carboxylic acids is 1. The number of carboxylic acids is 1. The van der Waals surface area contributed by atoms with E-state index in [4.69, 9.17) is 15.9 Å². The van der Waals surface area contributed by atoms with Crippen LogP contribution in [-0.4, -0.2) is 41.3 Å². The summed E-state index contributed by atoms with van der Waals surface area (Å²) in [5, 5.41) is 18.8. The van der Waals surface area contributed by atoms with Crippen molar-refractivity contribution in [3.8, 4) is 0 Å². The van der Waals surface area contributed by atoms with Gasteiger partial charge in [-0.3, -0.25) is 9.59 Å². The Morgan fingerprint density at radius 2 is 2.08 bits per heavy atom. The van der Waals surface area contributed by atoms with Gasteiger partial charge in [0, 0.05) is 6.54 Å². The van der Waals surface area contributed by atoms with Crippen LogP contribution < -0.4 is 11.1 Å². The summed E-state index contributed by atoms with van der Waals surface area (Å²) in [6.45, 7) is -0.0995. The fraction of sp³-hybridized carbons (Fsp3) is 0.667. The number of nitrogens with one attached hydrogen (secondary N) is 1.